The summed E-state index contributed by atoms with van der Waals surface area (Å²) in [7, 11) is 1.31. The minimum Gasteiger partial charge on any atom is -0.469 e. The molecule has 0 atom stereocenters. The molecule has 0 heterocycles. The quantitative estimate of drug-likeness (QED) is 0.561. The first-order valence-corrected chi connectivity index (χ1v) is 8.33. The first kappa shape index (κ1) is 19.4. The summed E-state index contributed by atoms with van der Waals surface area (Å²) in [5, 5.41) is 0. The van der Waals surface area contributed by atoms with Gasteiger partial charge < -0.3 is 9.64 Å². The number of rotatable bonds is 7. The monoisotopic (exact) mass is 355 g/mol. The topological polar surface area (TPSA) is 46.6 Å². The van der Waals surface area contributed by atoms with Gasteiger partial charge in [-0.15, -0.1) is 0 Å². The number of carbonyl (C=O) groups is 2. The van der Waals surface area contributed by atoms with Crippen LogP contribution in [0.1, 0.15) is 23.1 Å². The summed E-state index contributed by atoms with van der Waals surface area (Å²) in [5.74, 6) is -0.941. The SMILES string of the molecule is COC(=O)CCN(Cc1ccc(F)cc1)C(=O)/C=C/c1ccc(C)cc1. The highest BCUT2D eigenvalue weighted by atomic mass is 19.1. The van der Waals surface area contributed by atoms with Crippen molar-refractivity contribution in [1.82, 2.24) is 4.90 Å². The van der Waals surface area contributed by atoms with Crippen molar-refractivity contribution >= 4 is 18.0 Å². The van der Waals surface area contributed by atoms with Gasteiger partial charge in [0.2, 0.25) is 5.91 Å². The van der Waals surface area contributed by atoms with Crippen LogP contribution in [0.2, 0.25) is 0 Å². The van der Waals surface area contributed by atoms with E-state index in [1.165, 1.54) is 30.2 Å². The third-order valence-electron chi connectivity index (χ3n) is 3.91. The normalized spacial score (nSPS) is 10.7. The Balaban J connectivity index is 2.09. The number of hydrogen-bond donors (Lipinski definition) is 0. The maximum absolute atomic E-state index is 13.1. The molecule has 5 heteroatoms. The maximum atomic E-state index is 13.1. The van der Waals surface area contributed by atoms with Gasteiger partial charge in [0.25, 0.3) is 0 Å². The predicted octanol–water partition coefficient (Wildman–Crippen LogP) is 3.74. The average Bonchev–Trinajstić information content (AvgIpc) is 2.65. The molecule has 0 bridgehead atoms. The molecule has 0 fully saturated rings. The van der Waals surface area contributed by atoms with Crippen molar-refractivity contribution < 1.29 is 18.7 Å². The Labute approximate surface area is 152 Å². The van der Waals surface area contributed by atoms with Crippen molar-refractivity contribution in [2.24, 2.45) is 0 Å². The van der Waals surface area contributed by atoms with Gasteiger partial charge in [0.05, 0.1) is 13.5 Å². The Bertz CT molecular complexity index is 767. The van der Waals surface area contributed by atoms with Crippen LogP contribution in [0.3, 0.4) is 0 Å². The number of methoxy groups -OCH3 is 1. The van der Waals surface area contributed by atoms with Crippen molar-refractivity contribution in [3.63, 3.8) is 0 Å². The van der Waals surface area contributed by atoms with Crippen LogP contribution in [-0.4, -0.2) is 30.4 Å². The van der Waals surface area contributed by atoms with E-state index in [2.05, 4.69) is 4.74 Å². The molecule has 0 aliphatic rings. The molecule has 26 heavy (non-hydrogen) atoms. The van der Waals surface area contributed by atoms with Gasteiger partial charge in [-0.3, -0.25) is 9.59 Å². The van der Waals surface area contributed by atoms with Crippen molar-refractivity contribution in [3.8, 4) is 0 Å². The number of amides is 1. The molecule has 0 saturated heterocycles. The minimum atomic E-state index is -0.385. The fraction of sp³-hybridized carbons (Fsp3) is 0.238. The summed E-state index contributed by atoms with van der Waals surface area (Å²) in [5.41, 5.74) is 2.84. The molecule has 2 aromatic rings. The molecule has 0 spiro atoms. The predicted molar refractivity (Wildman–Crippen MR) is 98.7 cm³/mol. The van der Waals surface area contributed by atoms with E-state index in [-0.39, 0.29) is 37.2 Å². The highest BCUT2D eigenvalue weighted by molar-refractivity contribution is 5.92. The summed E-state index contributed by atoms with van der Waals surface area (Å²) >= 11 is 0. The van der Waals surface area contributed by atoms with Crippen LogP contribution in [0, 0.1) is 12.7 Å². The molecule has 2 aromatic carbocycles. The van der Waals surface area contributed by atoms with Crippen molar-refractivity contribution in [2.75, 3.05) is 13.7 Å². The number of esters is 1. The number of ether oxygens (including phenoxy) is 1. The zero-order chi connectivity index (χ0) is 18.9. The summed E-state index contributed by atoms with van der Waals surface area (Å²) in [6.07, 6.45) is 3.31. The smallest absolute Gasteiger partial charge is 0.307 e. The highest BCUT2D eigenvalue weighted by Gasteiger charge is 2.14. The number of benzene rings is 2. The molecule has 2 rings (SSSR count). The van der Waals surface area contributed by atoms with E-state index in [0.717, 1.165) is 16.7 Å². The Hall–Kier alpha value is -2.95. The molecule has 0 radical (unpaired) electrons. The number of aryl methyl sites for hydroxylation is 1. The van der Waals surface area contributed by atoms with Crippen LogP contribution in [0.15, 0.2) is 54.6 Å². The van der Waals surface area contributed by atoms with Crippen LogP contribution in [0.5, 0.6) is 0 Å². The summed E-state index contributed by atoms with van der Waals surface area (Å²) in [6, 6.07) is 13.7. The van der Waals surface area contributed by atoms with Gasteiger partial charge in [-0.25, -0.2) is 4.39 Å². The summed E-state index contributed by atoms with van der Waals surface area (Å²) < 4.78 is 17.7. The Morgan fingerprint density at radius 2 is 1.73 bits per heavy atom. The van der Waals surface area contributed by atoms with Crippen molar-refractivity contribution in [3.05, 3.63) is 77.1 Å². The van der Waals surface area contributed by atoms with Gasteiger partial charge in [-0.05, 0) is 36.3 Å². The van der Waals surface area contributed by atoms with Gasteiger partial charge in [-0.2, -0.15) is 0 Å². The second-order valence-electron chi connectivity index (χ2n) is 5.96. The van der Waals surface area contributed by atoms with Crippen LogP contribution in [0.25, 0.3) is 6.08 Å². The van der Waals surface area contributed by atoms with Crippen molar-refractivity contribution in [2.45, 2.75) is 19.9 Å². The first-order chi connectivity index (χ1) is 12.5. The Morgan fingerprint density at radius 1 is 1.08 bits per heavy atom. The van der Waals surface area contributed by atoms with E-state index in [9.17, 15) is 14.0 Å². The number of halogens is 1. The van der Waals surface area contributed by atoms with Crippen LogP contribution in [0.4, 0.5) is 4.39 Å². The molecule has 0 aliphatic heterocycles. The molecule has 0 aliphatic carbocycles. The van der Waals surface area contributed by atoms with E-state index in [1.807, 2.05) is 31.2 Å². The number of hydrogen-bond acceptors (Lipinski definition) is 3. The summed E-state index contributed by atoms with van der Waals surface area (Å²) in [4.78, 5) is 25.5. The lowest BCUT2D eigenvalue weighted by atomic mass is 10.1. The third-order valence-corrected chi connectivity index (χ3v) is 3.91. The van der Waals surface area contributed by atoms with Crippen LogP contribution in [-0.2, 0) is 20.9 Å². The van der Waals surface area contributed by atoms with Gasteiger partial charge in [0.15, 0.2) is 0 Å². The zero-order valence-corrected chi connectivity index (χ0v) is 14.9. The van der Waals surface area contributed by atoms with E-state index in [4.69, 9.17) is 0 Å². The molecular weight excluding hydrogens is 333 g/mol. The molecule has 1 amide bonds. The molecule has 4 nitrogen and oxygen atoms in total. The Kier molecular flexibility index (Phi) is 7.09. The van der Waals surface area contributed by atoms with Gasteiger partial charge in [0.1, 0.15) is 5.82 Å². The Morgan fingerprint density at radius 3 is 2.35 bits per heavy atom. The van der Waals surface area contributed by atoms with E-state index in [1.54, 1.807) is 18.2 Å². The number of carbonyl (C=O) groups excluding carboxylic acids is 2. The van der Waals surface area contributed by atoms with E-state index in [0.29, 0.717) is 0 Å². The third kappa shape index (κ3) is 6.16. The molecule has 0 aromatic heterocycles. The molecule has 0 unspecified atom stereocenters. The lowest BCUT2D eigenvalue weighted by Gasteiger charge is -2.21. The van der Waals surface area contributed by atoms with Gasteiger partial charge in [-0.1, -0.05) is 42.0 Å². The molecule has 0 N–H and O–H groups in total. The summed E-state index contributed by atoms with van der Waals surface area (Å²) in [6.45, 7) is 2.51. The fourth-order valence-electron chi connectivity index (χ4n) is 2.36. The fourth-order valence-corrected chi connectivity index (χ4v) is 2.36. The van der Waals surface area contributed by atoms with Crippen LogP contribution < -0.4 is 0 Å². The molecule has 0 saturated carbocycles. The van der Waals surface area contributed by atoms with Gasteiger partial charge in [0, 0.05) is 19.2 Å². The molecule has 136 valence electrons. The lowest BCUT2D eigenvalue weighted by Crippen LogP contribution is -2.31. The largest absolute Gasteiger partial charge is 0.469 e. The highest BCUT2D eigenvalue weighted by Crippen LogP contribution is 2.10. The molecular formula is C21H22FNO3. The maximum Gasteiger partial charge on any atom is 0.307 e. The van der Waals surface area contributed by atoms with Crippen LogP contribution >= 0.6 is 0 Å². The average molecular weight is 355 g/mol. The van der Waals surface area contributed by atoms with Crippen molar-refractivity contribution in [1.29, 1.82) is 0 Å². The van der Waals surface area contributed by atoms with E-state index < -0.39 is 0 Å². The number of nitrogens with zero attached hydrogens (tertiary/aromatic N) is 1. The minimum absolute atomic E-state index is 0.0990. The first-order valence-electron chi connectivity index (χ1n) is 8.33. The lowest BCUT2D eigenvalue weighted by molar-refractivity contribution is -0.141. The van der Waals surface area contributed by atoms with E-state index >= 15 is 0 Å². The zero-order valence-electron chi connectivity index (χ0n) is 14.9. The van der Waals surface area contributed by atoms with Gasteiger partial charge >= 0.3 is 5.97 Å². The second kappa shape index (κ2) is 9.51. The standard InChI is InChI=1S/C21H22FNO3/c1-16-3-5-17(6-4-16)9-12-20(24)23(14-13-21(25)26-2)15-18-7-10-19(22)11-8-18/h3-12H,13-15H2,1-2H3/b12-9+. The second-order valence-corrected chi connectivity index (χ2v) is 5.96.